The second-order valence-electron chi connectivity index (χ2n) is 5.80. The summed E-state index contributed by atoms with van der Waals surface area (Å²) in [6.45, 7) is 3.24. The molecule has 1 unspecified atom stereocenters. The Morgan fingerprint density at radius 1 is 1.37 bits per heavy atom. The van der Waals surface area contributed by atoms with Crippen LogP contribution in [0.25, 0.3) is 0 Å². The molecule has 0 spiro atoms. The van der Waals surface area contributed by atoms with Gasteiger partial charge in [-0.15, -0.1) is 0 Å². The Hall–Kier alpha value is -0.780. The van der Waals surface area contributed by atoms with Crippen molar-refractivity contribution in [2.24, 2.45) is 17.6 Å². The van der Waals surface area contributed by atoms with Gasteiger partial charge in [0, 0.05) is 12.5 Å². The minimum Gasteiger partial charge on any atom is -0.331 e. The van der Waals surface area contributed by atoms with Gasteiger partial charge in [0.05, 0.1) is 0 Å². The number of nitrogens with zero attached hydrogens (tertiary/aromatic N) is 1. The third-order valence-corrected chi connectivity index (χ3v) is 3.26. The Labute approximate surface area is 112 Å². The topological polar surface area (TPSA) is 46.3 Å². The van der Waals surface area contributed by atoms with Crippen molar-refractivity contribution in [2.45, 2.75) is 51.7 Å². The van der Waals surface area contributed by atoms with Crippen molar-refractivity contribution in [1.29, 1.82) is 0 Å². The van der Waals surface area contributed by atoms with Crippen LogP contribution in [0.1, 0.15) is 39.5 Å². The van der Waals surface area contributed by atoms with E-state index >= 15 is 0 Å². The highest BCUT2D eigenvalue weighted by atomic mass is 19.4. The van der Waals surface area contributed by atoms with E-state index in [-0.39, 0.29) is 18.4 Å². The van der Waals surface area contributed by atoms with Crippen molar-refractivity contribution in [2.75, 3.05) is 13.1 Å². The molecule has 19 heavy (non-hydrogen) atoms. The monoisotopic (exact) mass is 280 g/mol. The van der Waals surface area contributed by atoms with Gasteiger partial charge >= 0.3 is 6.18 Å². The molecule has 1 aliphatic carbocycles. The predicted molar refractivity (Wildman–Crippen MR) is 67.4 cm³/mol. The minimum absolute atomic E-state index is 0.0259. The van der Waals surface area contributed by atoms with E-state index in [0.717, 1.165) is 11.3 Å². The van der Waals surface area contributed by atoms with E-state index in [9.17, 15) is 18.0 Å². The molecule has 1 fully saturated rings. The number of hydrogen-bond acceptors (Lipinski definition) is 2. The third-order valence-electron chi connectivity index (χ3n) is 3.26. The van der Waals surface area contributed by atoms with Crippen LogP contribution in [0, 0.1) is 11.8 Å². The van der Waals surface area contributed by atoms with Crippen LogP contribution in [0.4, 0.5) is 13.2 Å². The molecule has 0 saturated heterocycles. The van der Waals surface area contributed by atoms with Gasteiger partial charge in [-0.3, -0.25) is 4.79 Å². The lowest BCUT2D eigenvalue weighted by Gasteiger charge is -2.26. The van der Waals surface area contributed by atoms with Crippen molar-refractivity contribution in [3.8, 4) is 0 Å². The van der Waals surface area contributed by atoms with Gasteiger partial charge in [0.1, 0.15) is 6.54 Å². The third kappa shape index (κ3) is 6.27. The molecule has 1 rings (SSSR count). The van der Waals surface area contributed by atoms with Gasteiger partial charge < -0.3 is 10.6 Å². The van der Waals surface area contributed by atoms with Gasteiger partial charge in [-0.1, -0.05) is 13.8 Å². The highest BCUT2D eigenvalue weighted by Crippen LogP contribution is 2.31. The first-order valence-electron chi connectivity index (χ1n) is 6.79. The molecular formula is C13H23F3N2O. The Bertz CT molecular complexity index is 301. The predicted octanol–water partition coefficient (Wildman–Crippen LogP) is 2.55. The maximum absolute atomic E-state index is 12.5. The van der Waals surface area contributed by atoms with E-state index in [0.29, 0.717) is 25.3 Å². The minimum atomic E-state index is -4.32. The van der Waals surface area contributed by atoms with Gasteiger partial charge in [0.25, 0.3) is 0 Å². The summed E-state index contributed by atoms with van der Waals surface area (Å²) in [4.78, 5) is 13.0. The first kappa shape index (κ1) is 16.3. The van der Waals surface area contributed by atoms with Crippen molar-refractivity contribution in [3.05, 3.63) is 0 Å². The molecule has 0 aromatic rings. The molecule has 1 amide bonds. The highest BCUT2D eigenvalue weighted by molar-refractivity contribution is 5.77. The van der Waals surface area contributed by atoms with Crippen LogP contribution in [0.2, 0.25) is 0 Å². The zero-order valence-electron chi connectivity index (χ0n) is 11.5. The van der Waals surface area contributed by atoms with Gasteiger partial charge in [0.15, 0.2) is 0 Å². The summed E-state index contributed by atoms with van der Waals surface area (Å²) in [5.41, 5.74) is 5.60. The fourth-order valence-corrected chi connectivity index (χ4v) is 2.29. The Morgan fingerprint density at radius 3 is 2.32 bits per heavy atom. The summed E-state index contributed by atoms with van der Waals surface area (Å²) >= 11 is 0. The van der Waals surface area contributed by atoms with Crippen LogP contribution >= 0.6 is 0 Å². The second kappa shape index (κ2) is 6.59. The second-order valence-corrected chi connectivity index (χ2v) is 5.80. The first-order valence-corrected chi connectivity index (χ1v) is 6.79. The smallest absolute Gasteiger partial charge is 0.331 e. The number of nitrogens with two attached hydrogens (primary N) is 1. The Balaban J connectivity index is 2.56. The maximum Gasteiger partial charge on any atom is 0.406 e. The van der Waals surface area contributed by atoms with Crippen LogP contribution in [0.15, 0.2) is 0 Å². The molecule has 1 atom stereocenters. The average Bonchev–Trinajstić information content (AvgIpc) is 3.06. The van der Waals surface area contributed by atoms with Crippen LogP contribution in [0.5, 0.6) is 0 Å². The quantitative estimate of drug-likeness (QED) is 0.779. The van der Waals surface area contributed by atoms with Crippen LogP contribution < -0.4 is 5.73 Å². The maximum atomic E-state index is 12.5. The lowest BCUT2D eigenvalue weighted by atomic mass is 9.93. The molecule has 112 valence electrons. The van der Waals surface area contributed by atoms with Gasteiger partial charge in [0.2, 0.25) is 5.91 Å². The standard InChI is InChI=1S/C13H23F3N2O/c1-9(2)5-10(7-17)6-12(19)18(11-3-4-11)8-13(14,15)16/h9-11H,3-8,17H2,1-2H3. The fraction of sp³-hybridized carbons (Fsp3) is 0.923. The average molecular weight is 280 g/mol. The Kier molecular flexibility index (Phi) is 5.64. The lowest BCUT2D eigenvalue weighted by Crippen LogP contribution is -2.41. The lowest BCUT2D eigenvalue weighted by molar-refractivity contribution is -0.163. The highest BCUT2D eigenvalue weighted by Gasteiger charge is 2.40. The molecule has 6 heteroatoms. The summed E-state index contributed by atoms with van der Waals surface area (Å²) in [6.07, 6.45) is -2.07. The van der Waals surface area contributed by atoms with Crippen LogP contribution in [-0.2, 0) is 4.79 Å². The van der Waals surface area contributed by atoms with E-state index in [2.05, 4.69) is 0 Å². The number of carbonyl (C=O) groups is 1. The molecule has 0 bridgehead atoms. The molecule has 0 radical (unpaired) electrons. The molecule has 0 aromatic heterocycles. The zero-order chi connectivity index (χ0) is 14.6. The number of halogens is 3. The summed E-state index contributed by atoms with van der Waals surface area (Å²) in [6, 6.07) is -0.216. The fourth-order valence-electron chi connectivity index (χ4n) is 2.29. The van der Waals surface area contributed by atoms with Crippen LogP contribution in [-0.4, -0.2) is 36.1 Å². The van der Waals surface area contributed by atoms with Crippen molar-refractivity contribution in [3.63, 3.8) is 0 Å². The summed E-state index contributed by atoms with van der Waals surface area (Å²) in [5.74, 6) is -0.0451. The number of hydrogen-bond donors (Lipinski definition) is 1. The van der Waals surface area contributed by atoms with E-state index in [1.807, 2.05) is 13.8 Å². The molecule has 0 heterocycles. The largest absolute Gasteiger partial charge is 0.406 e. The van der Waals surface area contributed by atoms with Gasteiger partial charge in [-0.25, -0.2) is 0 Å². The normalized spacial score (nSPS) is 17.6. The van der Waals surface area contributed by atoms with Crippen molar-refractivity contribution < 1.29 is 18.0 Å². The molecule has 0 aromatic carbocycles. The van der Waals surface area contributed by atoms with E-state index in [4.69, 9.17) is 5.73 Å². The number of alkyl halides is 3. The van der Waals surface area contributed by atoms with E-state index < -0.39 is 18.6 Å². The number of rotatable bonds is 7. The summed E-state index contributed by atoms with van der Waals surface area (Å²) in [7, 11) is 0. The molecule has 1 saturated carbocycles. The molecule has 3 nitrogen and oxygen atoms in total. The van der Waals surface area contributed by atoms with E-state index in [1.165, 1.54) is 0 Å². The van der Waals surface area contributed by atoms with E-state index in [1.54, 1.807) is 0 Å². The van der Waals surface area contributed by atoms with Gasteiger partial charge in [-0.05, 0) is 37.6 Å². The number of carbonyl (C=O) groups excluding carboxylic acids is 1. The van der Waals surface area contributed by atoms with Gasteiger partial charge in [-0.2, -0.15) is 13.2 Å². The Morgan fingerprint density at radius 2 is 1.95 bits per heavy atom. The SMILES string of the molecule is CC(C)CC(CN)CC(=O)N(CC(F)(F)F)C1CC1. The molecular weight excluding hydrogens is 257 g/mol. The molecule has 1 aliphatic rings. The first-order chi connectivity index (χ1) is 8.73. The summed E-state index contributed by atoms with van der Waals surface area (Å²) in [5, 5.41) is 0. The summed E-state index contributed by atoms with van der Waals surface area (Å²) < 4.78 is 37.4. The molecule has 0 aliphatic heterocycles. The zero-order valence-corrected chi connectivity index (χ0v) is 11.5. The van der Waals surface area contributed by atoms with Crippen LogP contribution in [0.3, 0.4) is 0 Å². The van der Waals surface area contributed by atoms with Crippen molar-refractivity contribution in [1.82, 2.24) is 4.90 Å². The number of amides is 1. The molecule has 2 N–H and O–H groups in total. The van der Waals surface area contributed by atoms with Crippen molar-refractivity contribution >= 4 is 5.91 Å².